The Balaban J connectivity index is 1.33. The highest BCUT2D eigenvalue weighted by atomic mass is 35.5. The van der Waals surface area contributed by atoms with Crippen molar-refractivity contribution in [1.29, 1.82) is 0 Å². The molecule has 0 aliphatic heterocycles. The summed E-state index contributed by atoms with van der Waals surface area (Å²) in [6.45, 7) is 0.279. The third kappa shape index (κ3) is 4.96. The molecule has 0 aliphatic rings. The summed E-state index contributed by atoms with van der Waals surface area (Å²) in [5.41, 5.74) is 11.1. The number of benzene rings is 3. The quantitative estimate of drug-likeness (QED) is 0.126. The van der Waals surface area contributed by atoms with E-state index in [0.29, 0.717) is 5.02 Å². The number of H-pyrrole nitrogens is 1. The highest BCUT2D eigenvalue weighted by Gasteiger charge is 2.12. The third-order valence-electron chi connectivity index (χ3n) is 5.47. The topological polar surface area (TPSA) is 62.0 Å². The van der Waals surface area contributed by atoms with Crippen LogP contribution >= 0.6 is 11.6 Å². The van der Waals surface area contributed by atoms with Gasteiger partial charge in [0.2, 0.25) is 0 Å². The minimum atomic E-state index is 0.279. The van der Waals surface area contributed by atoms with Gasteiger partial charge in [-0.2, -0.15) is 0 Å². The van der Waals surface area contributed by atoms with Crippen molar-refractivity contribution in [3.8, 4) is 33.6 Å². The van der Waals surface area contributed by atoms with Crippen LogP contribution in [0.15, 0.2) is 109 Å². The minimum Gasteiger partial charge on any atom is -0.360 e. The fourth-order valence-corrected chi connectivity index (χ4v) is 3.93. The van der Waals surface area contributed by atoms with Gasteiger partial charge in [-0.05, 0) is 47.5 Å². The van der Waals surface area contributed by atoms with E-state index in [4.69, 9.17) is 16.4 Å². The number of aromatic nitrogens is 2. The van der Waals surface area contributed by atoms with Gasteiger partial charge < -0.3 is 10.3 Å². The maximum absolute atomic E-state index is 6.06. The lowest BCUT2D eigenvalue weighted by Gasteiger charge is -2.13. The Labute approximate surface area is 203 Å². The maximum atomic E-state index is 6.06. The number of hydrogen-bond acceptors (Lipinski definition) is 4. The van der Waals surface area contributed by atoms with Crippen molar-refractivity contribution in [2.45, 2.75) is 0 Å². The largest absolute Gasteiger partial charge is 0.360 e. The van der Waals surface area contributed by atoms with Crippen molar-refractivity contribution in [2.75, 3.05) is 17.5 Å². The monoisotopic (exact) mass is 466 g/mol. The van der Waals surface area contributed by atoms with E-state index in [1.54, 1.807) is 12.4 Å². The van der Waals surface area contributed by atoms with Gasteiger partial charge >= 0.3 is 0 Å². The van der Waals surface area contributed by atoms with Crippen molar-refractivity contribution in [2.24, 2.45) is 0 Å². The Bertz CT molecular complexity index is 1350. The van der Waals surface area contributed by atoms with Crippen LogP contribution < -0.4 is 10.8 Å². The van der Waals surface area contributed by atoms with Gasteiger partial charge in [0.25, 0.3) is 0 Å². The number of nitrogens with zero attached hydrogens (tertiary/aromatic N) is 1. The van der Waals surface area contributed by atoms with Gasteiger partial charge in [0, 0.05) is 39.9 Å². The van der Waals surface area contributed by atoms with Gasteiger partial charge in [-0.3, -0.25) is 15.3 Å². The van der Waals surface area contributed by atoms with Crippen LogP contribution in [0.25, 0.3) is 33.6 Å². The van der Waals surface area contributed by atoms with Crippen molar-refractivity contribution in [3.05, 3.63) is 114 Å². The number of rotatable bonds is 8. The normalized spacial score (nSPS) is 10.7. The van der Waals surface area contributed by atoms with E-state index in [1.165, 1.54) is 0 Å². The second-order valence-electron chi connectivity index (χ2n) is 7.69. The Morgan fingerprint density at radius 1 is 0.735 bits per heavy atom. The van der Waals surface area contributed by atoms with Crippen LogP contribution in [0.4, 0.5) is 11.4 Å². The average molecular weight is 467 g/mol. The van der Waals surface area contributed by atoms with Crippen LogP contribution in [0.5, 0.6) is 0 Å². The zero-order chi connectivity index (χ0) is 23.2. The van der Waals surface area contributed by atoms with Gasteiger partial charge in [-0.25, -0.2) is 0 Å². The first-order chi connectivity index (χ1) is 16.8. The average Bonchev–Trinajstić information content (AvgIpc) is 3.32. The SMILES string of the molecule is Clc1ccc(-c2cc(NOCNc3ccccc3-c3ccccc3)c(-c3ccncc3)[nH]2)cc1. The standard InChI is InChI=1S/C28H23ClN4O/c29-23-12-10-21(11-13-23)26-18-27(28(32-26)22-14-16-30-17-15-22)33-34-19-31-25-9-5-4-8-24(25)20-6-2-1-3-7-20/h1-18,31-33H,19H2. The van der Waals surface area contributed by atoms with Crippen LogP contribution in [0, 0.1) is 0 Å². The summed E-state index contributed by atoms with van der Waals surface area (Å²) in [7, 11) is 0. The Morgan fingerprint density at radius 2 is 1.47 bits per heavy atom. The predicted molar refractivity (Wildman–Crippen MR) is 140 cm³/mol. The number of hydrogen-bond donors (Lipinski definition) is 3. The summed E-state index contributed by atoms with van der Waals surface area (Å²) in [6.07, 6.45) is 3.54. The maximum Gasteiger partial charge on any atom is 0.144 e. The molecule has 0 radical (unpaired) electrons. The third-order valence-corrected chi connectivity index (χ3v) is 5.72. The van der Waals surface area contributed by atoms with Crippen LogP contribution in [0.1, 0.15) is 0 Å². The van der Waals surface area contributed by atoms with Crippen molar-refractivity contribution < 1.29 is 4.84 Å². The smallest absolute Gasteiger partial charge is 0.144 e. The molecule has 0 fully saturated rings. The number of nitrogens with one attached hydrogen (secondary N) is 3. The number of pyridine rings is 1. The second-order valence-corrected chi connectivity index (χ2v) is 8.13. The van der Waals surface area contributed by atoms with E-state index in [-0.39, 0.29) is 6.73 Å². The first-order valence-electron chi connectivity index (χ1n) is 10.9. The molecular formula is C28H23ClN4O. The molecule has 0 unspecified atom stereocenters. The second kappa shape index (κ2) is 10.3. The summed E-state index contributed by atoms with van der Waals surface area (Å²) in [6, 6.07) is 32.1. The Kier molecular flexibility index (Phi) is 6.56. The molecule has 34 heavy (non-hydrogen) atoms. The molecule has 0 bridgehead atoms. The molecule has 168 valence electrons. The van der Waals surface area contributed by atoms with E-state index in [0.717, 1.165) is 45.0 Å². The molecule has 0 spiro atoms. The van der Waals surface area contributed by atoms with E-state index in [1.807, 2.05) is 78.9 Å². The van der Waals surface area contributed by atoms with Crippen LogP contribution in [-0.2, 0) is 4.84 Å². The van der Waals surface area contributed by atoms with Gasteiger partial charge in [-0.1, -0.05) is 72.3 Å². The fourth-order valence-electron chi connectivity index (χ4n) is 3.80. The van der Waals surface area contributed by atoms with Gasteiger partial charge in [0.05, 0.1) is 11.4 Å². The molecule has 2 aromatic heterocycles. The molecule has 3 N–H and O–H groups in total. The lowest BCUT2D eigenvalue weighted by molar-refractivity contribution is 0.216. The van der Waals surface area contributed by atoms with Crippen molar-refractivity contribution in [3.63, 3.8) is 0 Å². The van der Waals surface area contributed by atoms with E-state index in [2.05, 4.69) is 39.0 Å². The minimum absolute atomic E-state index is 0.279. The van der Waals surface area contributed by atoms with Gasteiger partial charge in [0.15, 0.2) is 0 Å². The molecule has 5 rings (SSSR count). The molecule has 0 saturated heterocycles. The van der Waals surface area contributed by atoms with Crippen LogP contribution in [0.2, 0.25) is 5.02 Å². The Hall–Kier alpha value is -4.06. The summed E-state index contributed by atoms with van der Waals surface area (Å²) in [5, 5.41) is 4.07. The summed E-state index contributed by atoms with van der Waals surface area (Å²) < 4.78 is 0. The molecule has 5 nitrogen and oxygen atoms in total. The zero-order valence-corrected chi connectivity index (χ0v) is 19.1. The molecular weight excluding hydrogens is 444 g/mol. The fraction of sp³-hybridized carbons (Fsp3) is 0.0357. The molecule has 2 heterocycles. The van der Waals surface area contributed by atoms with Crippen molar-refractivity contribution in [1.82, 2.24) is 9.97 Å². The molecule has 0 aliphatic carbocycles. The van der Waals surface area contributed by atoms with E-state index < -0.39 is 0 Å². The van der Waals surface area contributed by atoms with Crippen LogP contribution in [0.3, 0.4) is 0 Å². The predicted octanol–water partition coefficient (Wildman–Crippen LogP) is 7.48. The highest BCUT2D eigenvalue weighted by Crippen LogP contribution is 2.33. The highest BCUT2D eigenvalue weighted by molar-refractivity contribution is 6.30. The number of halogens is 1. The summed E-state index contributed by atoms with van der Waals surface area (Å²) in [4.78, 5) is 13.4. The first kappa shape index (κ1) is 21.8. The van der Waals surface area contributed by atoms with E-state index in [9.17, 15) is 0 Å². The van der Waals surface area contributed by atoms with Gasteiger partial charge in [0.1, 0.15) is 6.73 Å². The first-order valence-corrected chi connectivity index (χ1v) is 11.3. The lowest BCUT2D eigenvalue weighted by Crippen LogP contribution is -2.11. The molecule has 0 atom stereocenters. The number of para-hydroxylation sites is 1. The van der Waals surface area contributed by atoms with E-state index >= 15 is 0 Å². The van der Waals surface area contributed by atoms with Crippen LogP contribution in [-0.4, -0.2) is 16.7 Å². The molecule has 5 aromatic rings. The number of aromatic amines is 1. The molecule has 0 amide bonds. The molecule has 3 aromatic carbocycles. The van der Waals surface area contributed by atoms with Gasteiger partial charge in [-0.15, -0.1) is 0 Å². The summed E-state index contributed by atoms with van der Waals surface area (Å²) in [5.74, 6) is 0. The summed E-state index contributed by atoms with van der Waals surface area (Å²) >= 11 is 6.06. The number of anilines is 2. The van der Waals surface area contributed by atoms with Crippen molar-refractivity contribution >= 4 is 23.0 Å². The zero-order valence-electron chi connectivity index (χ0n) is 18.3. The molecule has 0 saturated carbocycles. The lowest BCUT2D eigenvalue weighted by atomic mass is 10.0. The molecule has 6 heteroatoms. The Morgan fingerprint density at radius 3 is 2.26 bits per heavy atom.